The van der Waals surface area contributed by atoms with E-state index >= 15 is 0 Å². The first-order valence-corrected chi connectivity index (χ1v) is 15.4. The fourth-order valence-corrected chi connectivity index (χ4v) is 9.46. The zero-order chi connectivity index (χ0) is 28.0. The SMILES string of the molecule is c1ccc2cc3c(cc2c1)c1cccc2c1n3B1c3cccc4c5cccc6c7c8c(oc9ccccc98)c-2c1c7n(c34)c56. The fraction of sp³-hybridized carbons (Fsp3) is 0. The van der Waals surface area contributed by atoms with Crippen LogP contribution >= 0.6 is 0 Å². The van der Waals surface area contributed by atoms with Crippen LogP contribution in [0.25, 0.3) is 104 Å². The van der Waals surface area contributed by atoms with Crippen molar-refractivity contribution in [3.8, 4) is 11.1 Å². The second-order valence-corrected chi connectivity index (χ2v) is 12.8. The van der Waals surface area contributed by atoms with Crippen molar-refractivity contribution >= 4 is 110 Å². The maximum absolute atomic E-state index is 6.95. The molecular weight excluding hydrogens is 535 g/mol. The van der Waals surface area contributed by atoms with E-state index in [0.29, 0.717) is 0 Å². The first-order valence-electron chi connectivity index (χ1n) is 15.4. The Hall–Kier alpha value is -5.74. The number of rotatable bonds is 0. The van der Waals surface area contributed by atoms with Gasteiger partial charge in [-0.3, -0.25) is 0 Å². The lowest BCUT2D eigenvalue weighted by Crippen LogP contribution is -2.53. The van der Waals surface area contributed by atoms with Gasteiger partial charge in [-0.15, -0.1) is 0 Å². The average Bonchev–Trinajstić information content (AvgIpc) is 3.81. The lowest BCUT2D eigenvalue weighted by molar-refractivity contribution is 0.670. The van der Waals surface area contributed by atoms with E-state index in [-0.39, 0.29) is 6.85 Å². The second-order valence-electron chi connectivity index (χ2n) is 12.8. The van der Waals surface area contributed by atoms with Gasteiger partial charge in [0.05, 0.1) is 16.6 Å². The maximum Gasteiger partial charge on any atom is 0.333 e. The van der Waals surface area contributed by atoms with Gasteiger partial charge in [0.2, 0.25) is 0 Å². The van der Waals surface area contributed by atoms with Crippen molar-refractivity contribution in [2.75, 3.05) is 0 Å². The summed E-state index contributed by atoms with van der Waals surface area (Å²) in [6, 6.07) is 42.9. The molecule has 0 N–H and O–H groups in total. The standard InChI is InChI=1S/C40H19BN2O/c1-2-9-21-19-30-28(18-20(21)8-1)24-12-6-15-27-34-35-39-32(33-25-10-3-4-17-31(25)44-40(33)34)26-14-5-11-22-23-13-7-16-29(38(23)42(39)36(22)26)41(35)43(30)37(24)27/h1-19H. The molecule has 0 radical (unpaired) electrons. The van der Waals surface area contributed by atoms with Crippen molar-refractivity contribution in [1.29, 1.82) is 0 Å². The molecule has 0 saturated carbocycles. The summed E-state index contributed by atoms with van der Waals surface area (Å²) in [5.74, 6) is 0. The van der Waals surface area contributed by atoms with Crippen molar-refractivity contribution in [3.63, 3.8) is 0 Å². The van der Waals surface area contributed by atoms with Crippen LogP contribution in [0.2, 0.25) is 0 Å². The molecule has 11 aromatic rings. The third-order valence-electron chi connectivity index (χ3n) is 11.0. The Bertz CT molecular complexity index is 3170. The summed E-state index contributed by atoms with van der Waals surface area (Å²) in [6.07, 6.45) is 0. The average molecular weight is 554 g/mol. The van der Waals surface area contributed by atoms with E-state index in [1.54, 1.807) is 0 Å². The van der Waals surface area contributed by atoms with E-state index in [9.17, 15) is 0 Å². The Balaban J connectivity index is 1.41. The number of benzene rings is 7. The first-order chi connectivity index (χ1) is 21.9. The highest BCUT2D eigenvalue weighted by atomic mass is 16.3. The number of nitrogens with zero attached hydrogens (tertiary/aromatic N) is 2. The summed E-state index contributed by atoms with van der Waals surface area (Å²) in [7, 11) is 0. The number of para-hydroxylation sites is 4. The lowest BCUT2D eigenvalue weighted by atomic mass is 9.46. The Kier molecular flexibility index (Phi) is 3.15. The van der Waals surface area contributed by atoms with Crippen LogP contribution in [-0.4, -0.2) is 15.7 Å². The van der Waals surface area contributed by atoms with E-state index in [2.05, 4.69) is 124 Å². The number of furan rings is 1. The van der Waals surface area contributed by atoms with Gasteiger partial charge >= 0.3 is 6.85 Å². The summed E-state index contributed by atoms with van der Waals surface area (Å²) < 4.78 is 12.2. The Morgan fingerprint density at radius 2 is 1.23 bits per heavy atom. The van der Waals surface area contributed by atoms with Crippen molar-refractivity contribution < 1.29 is 4.42 Å². The predicted octanol–water partition coefficient (Wildman–Crippen LogP) is 8.94. The normalized spacial score (nSPS) is 13.9. The third kappa shape index (κ3) is 2.00. The summed E-state index contributed by atoms with van der Waals surface area (Å²) in [4.78, 5) is 0. The van der Waals surface area contributed by atoms with E-state index in [0.717, 1.165) is 11.2 Å². The molecule has 2 aliphatic rings. The molecular formula is C40H19BN2O. The van der Waals surface area contributed by atoms with Crippen LogP contribution in [0.1, 0.15) is 0 Å². The van der Waals surface area contributed by atoms with Crippen molar-refractivity contribution in [2.24, 2.45) is 0 Å². The van der Waals surface area contributed by atoms with Crippen LogP contribution in [0.4, 0.5) is 0 Å². The van der Waals surface area contributed by atoms with E-state index in [1.807, 2.05) is 0 Å². The number of aromatic nitrogens is 2. The molecule has 0 spiro atoms. The number of hydrogen-bond donors (Lipinski definition) is 0. The minimum Gasteiger partial charge on any atom is -0.455 e. The molecule has 198 valence electrons. The van der Waals surface area contributed by atoms with Crippen LogP contribution in [0.5, 0.6) is 0 Å². The van der Waals surface area contributed by atoms with Crippen LogP contribution < -0.4 is 10.9 Å². The molecule has 13 rings (SSSR count). The maximum atomic E-state index is 6.95. The fourth-order valence-electron chi connectivity index (χ4n) is 9.46. The molecule has 0 bridgehead atoms. The van der Waals surface area contributed by atoms with Gasteiger partial charge in [-0.1, -0.05) is 97.1 Å². The van der Waals surface area contributed by atoms with Gasteiger partial charge in [0.25, 0.3) is 0 Å². The molecule has 0 saturated heterocycles. The Morgan fingerprint density at radius 3 is 2.14 bits per heavy atom. The zero-order valence-electron chi connectivity index (χ0n) is 23.3. The van der Waals surface area contributed by atoms with Crippen molar-refractivity contribution in [2.45, 2.75) is 0 Å². The van der Waals surface area contributed by atoms with E-state index in [4.69, 9.17) is 4.42 Å². The summed E-state index contributed by atoms with van der Waals surface area (Å²) >= 11 is 0. The largest absolute Gasteiger partial charge is 0.455 e. The molecule has 0 atom stereocenters. The molecule has 0 unspecified atom stereocenters. The molecule has 4 heteroatoms. The van der Waals surface area contributed by atoms with Gasteiger partial charge in [-0.25, -0.2) is 0 Å². The third-order valence-corrected chi connectivity index (χ3v) is 11.0. The van der Waals surface area contributed by atoms with Gasteiger partial charge in [-0.2, -0.15) is 0 Å². The molecule has 3 nitrogen and oxygen atoms in total. The molecule has 0 aliphatic carbocycles. The van der Waals surface area contributed by atoms with Crippen LogP contribution in [0.3, 0.4) is 0 Å². The monoisotopic (exact) mass is 554 g/mol. The summed E-state index contributed by atoms with van der Waals surface area (Å²) in [6.45, 7) is 0.0296. The first kappa shape index (κ1) is 21.0. The lowest BCUT2D eigenvalue weighted by Gasteiger charge is -2.31. The quantitative estimate of drug-likeness (QED) is 0.172. The number of fused-ring (bicyclic) bond motifs is 14. The van der Waals surface area contributed by atoms with Crippen LogP contribution in [-0.2, 0) is 0 Å². The number of hydrogen-bond acceptors (Lipinski definition) is 1. The summed E-state index contributed by atoms with van der Waals surface area (Å²) in [5, 5.41) is 12.9. The Labute approximate surface area is 249 Å². The highest BCUT2D eigenvalue weighted by Crippen LogP contribution is 2.51. The minimum atomic E-state index is 0.0296. The van der Waals surface area contributed by atoms with Gasteiger partial charge in [0.15, 0.2) is 0 Å². The Morgan fingerprint density at radius 1 is 0.523 bits per heavy atom. The van der Waals surface area contributed by atoms with E-state index in [1.165, 1.54) is 103 Å². The molecule has 0 amide bonds. The van der Waals surface area contributed by atoms with Crippen molar-refractivity contribution in [3.05, 3.63) is 115 Å². The van der Waals surface area contributed by atoms with Gasteiger partial charge in [0.1, 0.15) is 11.2 Å². The smallest absolute Gasteiger partial charge is 0.333 e. The molecule has 4 aromatic heterocycles. The van der Waals surface area contributed by atoms with Crippen LogP contribution in [0, 0.1) is 0 Å². The predicted molar refractivity (Wildman–Crippen MR) is 185 cm³/mol. The van der Waals surface area contributed by atoms with Gasteiger partial charge in [0, 0.05) is 65.3 Å². The highest BCUT2D eigenvalue weighted by molar-refractivity contribution is 6.91. The zero-order valence-corrected chi connectivity index (χ0v) is 23.3. The molecule has 7 aromatic carbocycles. The molecule has 6 heterocycles. The minimum absolute atomic E-state index is 0.0296. The second kappa shape index (κ2) is 6.59. The topological polar surface area (TPSA) is 22.5 Å². The summed E-state index contributed by atoms with van der Waals surface area (Å²) in [5.41, 5.74) is 13.8. The highest BCUT2D eigenvalue weighted by Gasteiger charge is 2.43. The van der Waals surface area contributed by atoms with Crippen molar-refractivity contribution in [1.82, 2.24) is 8.88 Å². The van der Waals surface area contributed by atoms with Crippen LogP contribution in [0.15, 0.2) is 120 Å². The van der Waals surface area contributed by atoms with E-state index < -0.39 is 0 Å². The molecule has 0 fully saturated rings. The molecule has 44 heavy (non-hydrogen) atoms. The van der Waals surface area contributed by atoms with Gasteiger partial charge < -0.3 is 13.3 Å². The van der Waals surface area contributed by atoms with Gasteiger partial charge in [-0.05, 0) is 39.9 Å². The molecule has 2 aliphatic heterocycles.